The summed E-state index contributed by atoms with van der Waals surface area (Å²) >= 11 is 1.35. The van der Waals surface area contributed by atoms with E-state index < -0.39 is 5.97 Å². The van der Waals surface area contributed by atoms with Crippen LogP contribution in [0.2, 0.25) is 0 Å². The molecule has 1 fully saturated rings. The molecule has 1 aliphatic heterocycles. The summed E-state index contributed by atoms with van der Waals surface area (Å²) in [6.07, 6.45) is 3.55. The Labute approximate surface area is 193 Å². The highest BCUT2D eigenvalue weighted by Gasteiger charge is 2.30. The van der Waals surface area contributed by atoms with E-state index >= 15 is 0 Å². The van der Waals surface area contributed by atoms with Crippen molar-refractivity contribution in [3.05, 3.63) is 52.7 Å². The first kappa shape index (κ1) is 21.4. The van der Waals surface area contributed by atoms with Gasteiger partial charge in [0.2, 0.25) is 0 Å². The molecule has 9 heteroatoms. The number of carboxylic acid groups (broad SMARTS) is 1. The summed E-state index contributed by atoms with van der Waals surface area (Å²) < 4.78 is 17.8. The number of methoxy groups -OCH3 is 1. The number of fused-ring (bicyclic) bond motifs is 2. The highest BCUT2D eigenvalue weighted by atomic mass is 32.1. The summed E-state index contributed by atoms with van der Waals surface area (Å²) in [4.78, 5) is 31.5. The van der Waals surface area contributed by atoms with Crippen molar-refractivity contribution in [1.29, 1.82) is 0 Å². The molecule has 1 saturated heterocycles. The number of amides is 1. The highest BCUT2D eigenvalue weighted by molar-refractivity contribution is 7.21. The van der Waals surface area contributed by atoms with Crippen LogP contribution in [0.5, 0.6) is 11.5 Å². The third kappa shape index (κ3) is 3.83. The fraction of sp³-hybridized carbons (Fsp3) is 0.292. The number of aromatic carboxylic acids is 1. The molecule has 1 amide bonds. The molecule has 1 atom stereocenters. The number of carboxylic acids is 1. The Kier molecular flexibility index (Phi) is 5.51. The third-order valence-electron chi connectivity index (χ3n) is 5.86. The van der Waals surface area contributed by atoms with Gasteiger partial charge in [-0.25, -0.2) is 4.79 Å². The van der Waals surface area contributed by atoms with Crippen molar-refractivity contribution < 1.29 is 28.6 Å². The molecule has 4 aromatic rings. The summed E-state index contributed by atoms with van der Waals surface area (Å²) in [5, 5.41) is 9.93. The summed E-state index contributed by atoms with van der Waals surface area (Å²) in [7, 11) is 1.65. The van der Waals surface area contributed by atoms with Crippen LogP contribution in [0.25, 0.3) is 21.2 Å². The van der Waals surface area contributed by atoms with E-state index in [-0.39, 0.29) is 17.5 Å². The molecule has 1 N–H and O–H groups in total. The lowest BCUT2D eigenvalue weighted by Crippen LogP contribution is -2.37. The molecule has 0 aliphatic carbocycles. The topological polar surface area (TPSA) is 102 Å². The first-order valence-electron chi connectivity index (χ1n) is 10.6. The van der Waals surface area contributed by atoms with Gasteiger partial charge in [-0.3, -0.25) is 9.78 Å². The van der Waals surface area contributed by atoms with Crippen LogP contribution in [-0.2, 0) is 4.74 Å². The molecule has 33 heavy (non-hydrogen) atoms. The lowest BCUT2D eigenvalue weighted by molar-refractivity contribution is 0.0634. The molecule has 0 radical (unpaired) electrons. The Balaban J connectivity index is 1.45. The van der Waals surface area contributed by atoms with E-state index in [0.717, 1.165) is 24.1 Å². The Morgan fingerprint density at radius 2 is 2.15 bits per heavy atom. The van der Waals surface area contributed by atoms with Gasteiger partial charge in [0.05, 0.1) is 27.7 Å². The average Bonchev–Trinajstić information content (AvgIpc) is 3.49. The van der Waals surface area contributed by atoms with Crippen LogP contribution in [0.1, 0.15) is 38.6 Å². The van der Waals surface area contributed by atoms with Crippen LogP contribution in [0.4, 0.5) is 0 Å². The van der Waals surface area contributed by atoms with Gasteiger partial charge in [0.25, 0.3) is 5.91 Å². The van der Waals surface area contributed by atoms with Gasteiger partial charge in [0.1, 0.15) is 28.4 Å². The molecule has 5 rings (SSSR count). The number of nitrogens with zero attached hydrogens (tertiary/aromatic N) is 2. The number of furan rings is 1. The molecule has 8 nitrogen and oxygen atoms in total. The minimum absolute atomic E-state index is 0.0165. The monoisotopic (exact) mass is 466 g/mol. The number of aromatic nitrogens is 1. The number of likely N-dealkylation sites (tertiary alicyclic amines) is 1. The fourth-order valence-electron chi connectivity index (χ4n) is 4.37. The minimum Gasteiger partial charge on any atom is -0.478 e. The van der Waals surface area contributed by atoms with E-state index in [0.29, 0.717) is 45.2 Å². The van der Waals surface area contributed by atoms with E-state index in [4.69, 9.17) is 13.9 Å². The Hall–Kier alpha value is -3.43. The SMILES string of the molecule is COCC1CCCN1C(=O)c1cc2nccc(Oc3ccc4c(C(=O)O)c(C)oc4c3)c2s1. The van der Waals surface area contributed by atoms with Crippen molar-refractivity contribution in [3.63, 3.8) is 0 Å². The normalized spacial score (nSPS) is 16.1. The standard InChI is InChI=1S/C24H22N2O6S/c1-13-21(24(28)29)16-6-5-15(10-19(16)31-13)32-18-7-8-25-17-11-20(33-22(17)18)23(27)26-9-3-4-14(26)12-30-2/h5-8,10-11,14H,3-4,9,12H2,1-2H3,(H,28,29). The minimum atomic E-state index is -1.03. The maximum Gasteiger partial charge on any atom is 0.339 e. The maximum absolute atomic E-state index is 13.2. The van der Waals surface area contributed by atoms with Crippen LogP contribution in [0.3, 0.4) is 0 Å². The van der Waals surface area contributed by atoms with Gasteiger partial charge in [-0.05, 0) is 38.0 Å². The first-order valence-corrected chi connectivity index (χ1v) is 11.4. The maximum atomic E-state index is 13.2. The quantitative estimate of drug-likeness (QED) is 0.422. The molecule has 0 spiro atoms. The molecular weight excluding hydrogens is 444 g/mol. The summed E-state index contributed by atoms with van der Waals surface area (Å²) in [6.45, 7) is 2.87. The number of pyridine rings is 1. The number of aryl methyl sites for hydroxylation is 1. The molecule has 170 valence electrons. The molecule has 1 aromatic carbocycles. The molecular formula is C24H22N2O6S. The molecule has 0 saturated carbocycles. The summed E-state index contributed by atoms with van der Waals surface area (Å²) in [5.41, 5.74) is 1.28. The van der Waals surface area contributed by atoms with E-state index in [1.807, 2.05) is 4.90 Å². The van der Waals surface area contributed by atoms with Crippen LogP contribution in [0.15, 0.2) is 40.9 Å². The van der Waals surface area contributed by atoms with Gasteiger partial charge in [0.15, 0.2) is 0 Å². The smallest absolute Gasteiger partial charge is 0.339 e. The van der Waals surface area contributed by atoms with Crippen molar-refractivity contribution in [2.75, 3.05) is 20.3 Å². The Bertz CT molecular complexity index is 1370. The highest BCUT2D eigenvalue weighted by Crippen LogP contribution is 2.37. The number of benzene rings is 1. The second kappa shape index (κ2) is 8.49. The molecule has 3 aromatic heterocycles. The van der Waals surface area contributed by atoms with Crippen molar-refractivity contribution in [2.24, 2.45) is 0 Å². The zero-order chi connectivity index (χ0) is 23.1. The van der Waals surface area contributed by atoms with Gasteiger partial charge in [-0.1, -0.05) is 0 Å². The largest absolute Gasteiger partial charge is 0.478 e. The first-order chi connectivity index (χ1) is 16.0. The third-order valence-corrected chi connectivity index (χ3v) is 6.99. The number of hydrogen-bond donors (Lipinski definition) is 1. The number of carbonyl (C=O) groups excluding carboxylic acids is 1. The molecule has 1 aliphatic rings. The second-order valence-corrected chi connectivity index (χ2v) is 9.03. The van der Waals surface area contributed by atoms with Crippen LogP contribution in [0, 0.1) is 6.92 Å². The van der Waals surface area contributed by atoms with Gasteiger partial charge in [-0.2, -0.15) is 0 Å². The summed E-state index contributed by atoms with van der Waals surface area (Å²) in [6, 6.07) is 8.69. The second-order valence-electron chi connectivity index (χ2n) is 7.98. The number of rotatable bonds is 6. The van der Waals surface area contributed by atoms with Crippen molar-refractivity contribution in [3.8, 4) is 11.5 Å². The number of carbonyl (C=O) groups is 2. The van der Waals surface area contributed by atoms with Gasteiger partial charge in [-0.15, -0.1) is 11.3 Å². The van der Waals surface area contributed by atoms with Gasteiger partial charge in [0, 0.05) is 37.4 Å². The Morgan fingerprint density at radius 1 is 1.30 bits per heavy atom. The van der Waals surface area contributed by atoms with Crippen molar-refractivity contribution in [1.82, 2.24) is 9.88 Å². The lowest BCUT2D eigenvalue weighted by Gasteiger charge is -2.23. The van der Waals surface area contributed by atoms with Crippen LogP contribution < -0.4 is 4.74 Å². The Morgan fingerprint density at radius 3 is 2.94 bits per heavy atom. The van der Waals surface area contributed by atoms with Crippen LogP contribution in [-0.4, -0.2) is 53.2 Å². The average molecular weight is 467 g/mol. The van der Waals surface area contributed by atoms with Gasteiger partial charge < -0.3 is 23.9 Å². The zero-order valence-electron chi connectivity index (χ0n) is 18.2. The predicted molar refractivity (Wildman–Crippen MR) is 124 cm³/mol. The lowest BCUT2D eigenvalue weighted by atomic mass is 10.1. The molecule has 4 heterocycles. The predicted octanol–water partition coefficient (Wildman–Crippen LogP) is 5.09. The fourth-order valence-corrected chi connectivity index (χ4v) is 5.39. The number of thiophene rings is 1. The van der Waals surface area contributed by atoms with E-state index in [9.17, 15) is 14.7 Å². The molecule has 1 unspecified atom stereocenters. The van der Waals surface area contributed by atoms with Gasteiger partial charge >= 0.3 is 5.97 Å². The molecule has 0 bridgehead atoms. The van der Waals surface area contributed by atoms with Crippen LogP contribution >= 0.6 is 11.3 Å². The number of hydrogen-bond acceptors (Lipinski definition) is 7. The van der Waals surface area contributed by atoms with Crippen molar-refractivity contribution in [2.45, 2.75) is 25.8 Å². The van der Waals surface area contributed by atoms with E-state index in [1.165, 1.54) is 11.3 Å². The summed E-state index contributed by atoms with van der Waals surface area (Å²) in [5.74, 6) is 0.368. The van der Waals surface area contributed by atoms with E-state index in [2.05, 4.69) is 4.98 Å². The van der Waals surface area contributed by atoms with E-state index in [1.54, 1.807) is 50.6 Å². The zero-order valence-corrected chi connectivity index (χ0v) is 19.0. The van der Waals surface area contributed by atoms with Crippen molar-refractivity contribution >= 4 is 44.4 Å². The number of ether oxygens (including phenoxy) is 2.